The van der Waals surface area contributed by atoms with E-state index in [2.05, 4.69) is 10.3 Å². The normalized spacial score (nSPS) is 13.2. The van der Waals surface area contributed by atoms with Crippen molar-refractivity contribution in [1.29, 1.82) is 0 Å². The van der Waals surface area contributed by atoms with Crippen LogP contribution in [0.4, 0.5) is 5.69 Å². The summed E-state index contributed by atoms with van der Waals surface area (Å²) in [6.45, 7) is 3.81. The first-order valence-electron chi connectivity index (χ1n) is 10.3. The lowest BCUT2D eigenvalue weighted by Crippen LogP contribution is -2.27. The van der Waals surface area contributed by atoms with Gasteiger partial charge in [-0.25, -0.2) is 14.5 Å². The van der Waals surface area contributed by atoms with E-state index in [1.165, 1.54) is 16.3 Å². The number of amides is 1. The van der Waals surface area contributed by atoms with E-state index < -0.39 is 5.25 Å². The molecule has 0 bridgehead atoms. The second kappa shape index (κ2) is 8.59. The molecule has 2 aromatic carbocycles. The van der Waals surface area contributed by atoms with E-state index in [4.69, 9.17) is 14.5 Å². The van der Waals surface area contributed by atoms with Gasteiger partial charge >= 0.3 is 0 Å². The molecule has 0 saturated heterocycles. The Balaban J connectivity index is 1.49. The molecule has 0 fully saturated rings. The third-order valence-corrected chi connectivity index (χ3v) is 6.28. The summed E-state index contributed by atoms with van der Waals surface area (Å²) < 4.78 is 12.2. The van der Waals surface area contributed by atoms with Crippen LogP contribution < -0.4 is 20.3 Å². The number of pyridine rings is 1. The first-order valence-corrected chi connectivity index (χ1v) is 11.2. The standard InChI is InChI=1S/C24H20N4O4S/c1-14-6-5-11-25-21(14)28-23(30)17-7-3-4-8-18(17)27-24(28)33-15(2)22(29)26-16-9-10-19-20(12-16)32-13-31-19/h3-12,15H,13H2,1-2H3,(H,26,29)/t15-/m0/s1. The molecule has 0 spiro atoms. The van der Waals surface area contributed by atoms with Gasteiger partial charge in [-0.1, -0.05) is 30.0 Å². The summed E-state index contributed by atoms with van der Waals surface area (Å²) in [4.78, 5) is 35.5. The molecule has 1 amide bonds. The van der Waals surface area contributed by atoms with Crippen molar-refractivity contribution in [2.24, 2.45) is 0 Å². The summed E-state index contributed by atoms with van der Waals surface area (Å²) in [7, 11) is 0. The van der Waals surface area contributed by atoms with Gasteiger partial charge in [0.05, 0.1) is 16.2 Å². The van der Waals surface area contributed by atoms with Crippen molar-refractivity contribution in [2.45, 2.75) is 24.3 Å². The van der Waals surface area contributed by atoms with Crippen molar-refractivity contribution in [1.82, 2.24) is 14.5 Å². The van der Waals surface area contributed by atoms with E-state index in [9.17, 15) is 9.59 Å². The number of carbonyl (C=O) groups excluding carboxylic acids is 1. The quantitative estimate of drug-likeness (QED) is 0.356. The molecule has 9 heteroatoms. The van der Waals surface area contributed by atoms with Gasteiger partial charge in [0.1, 0.15) is 5.82 Å². The fraction of sp³-hybridized carbons (Fsp3) is 0.167. The summed E-state index contributed by atoms with van der Waals surface area (Å²) in [5.41, 5.74) is 1.77. The van der Waals surface area contributed by atoms with E-state index in [1.54, 1.807) is 49.5 Å². The molecule has 3 heterocycles. The number of hydrogen-bond acceptors (Lipinski definition) is 7. The van der Waals surface area contributed by atoms with Crippen molar-refractivity contribution < 1.29 is 14.3 Å². The van der Waals surface area contributed by atoms with Crippen molar-refractivity contribution in [2.75, 3.05) is 12.1 Å². The molecule has 2 aromatic heterocycles. The van der Waals surface area contributed by atoms with Gasteiger partial charge in [0.25, 0.3) is 5.56 Å². The molecule has 1 N–H and O–H groups in total. The zero-order chi connectivity index (χ0) is 22.9. The lowest BCUT2D eigenvalue weighted by molar-refractivity contribution is -0.115. The van der Waals surface area contributed by atoms with Crippen LogP contribution in [0.5, 0.6) is 11.5 Å². The van der Waals surface area contributed by atoms with E-state index in [0.717, 1.165) is 5.56 Å². The first kappa shape index (κ1) is 21.0. The predicted molar refractivity (Wildman–Crippen MR) is 126 cm³/mol. The van der Waals surface area contributed by atoms with Gasteiger partial charge in [-0.05, 0) is 49.7 Å². The highest BCUT2D eigenvalue weighted by atomic mass is 32.2. The number of benzene rings is 2. The Morgan fingerprint density at radius 2 is 1.94 bits per heavy atom. The average molecular weight is 461 g/mol. The fourth-order valence-corrected chi connectivity index (χ4v) is 4.43. The average Bonchev–Trinajstić information content (AvgIpc) is 3.28. The lowest BCUT2D eigenvalue weighted by Gasteiger charge is -2.17. The largest absolute Gasteiger partial charge is 0.454 e. The predicted octanol–water partition coefficient (Wildman–Crippen LogP) is 3.94. The third-order valence-electron chi connectivity index (χ3n) is 5.23. The van der Waals surface area contributed by atoms with Crippen molar-refractivity contribution in [3.05, 3.63) is 76.7 Å². The molecule has 0 aliphatic carbocycles. The second-order valence-electron chi connectivity index (χ2n) is 7.51. The summed E-state index contributed by atoms with van der Waals surface area (Å²) in [6.07, 6.45) is 1.63. The summed E-state index contributed by atoms with van der Waals surface area (Å²) in [5.74, 6) is 1.49. The van der Waals surface area contributed by atoms with Gasteiger partial charge in [-0.2, -0.15) is 0 Å². The molecular formula is C24H20N4O4S. The number of fused-ring (bicyclic) bond motifs is 2. The Kier molecular flexibility index (Phi) is 5.47. The molecule has 5 rings (SSSR count). The number of para-hydroxylation sites is 1. The zero-order valence-electron chi connectivity index (χ0n) is 17.9. The second-order valence-corrected chi connectivity index (χ2v) is 8.82. The van der Waals surface area contributed by atoms with Gasteiger partial charge < -0.3 is 14.8 Å². The van der Waals surface area contributed by atoms with E-state index in [0.29, 0.717) is 39.1 Å². The van der Waals surface area contributed by atoms with Gasteiger partial charge in [-0.15, -0.1) is 0 Å². The Bertz CT molecular complexity index is 1440. The number of anilines is 1. The lowest BCUT2D eigenvalue weighted by atomic mass is 10.2. The zero-order valence-corrected chi connectivity index (χ0v) is 18.8. The molecule has 0 saturated carbocycles. The number of carbonyl (C=O) groups is 1. The van der Waals surface area contributed by atoms with Crippen molar-refractivity contribution in [3.63, 3.8) is 0 Å². The number of nitrogens with one attached hydrogen (secondary N) is 1. The highest BCUT2D eigenvalue weighted by Gasteiger charge is 2.22. The minimum Gasteiger partial charge on any atom is -0.454 e. The highest BCUT2D eigenvalue weighted by Crippen LogP contribution is 2.34. The number of aromatic nitrogens is 3. The van der Waals surface area contributed by atoms with Crippen LogP contribution >= 0.6 is 11.8 Å². The van der Waals surface area contributed by atoms with Crippen LogP contribution in [-0.2, 0) is 4.79 Å². The number of ether oxygens (including phenoxy) is 2. The van der Waals surface area contributed by atoms with Gasteiger partial charge in [-0.3, -0.25) is 9.59 Å². The number of thioether (sulfide) groups is 1. The van der Waals surface area contributed by atoms with Crippen molar-refractivity contribution in [3.8, 4) is 17.3 Å². The Labute approximate surface area is 193 Å². The molecule has 166 valence electrons. The minimum absolute atomic E-state index is 0.164. The van der Waals surface area contributed by atoms with Crippen LogP contribution in [0.1, 0.15) is 12.5 Å². The van der Waals surface area contributed by atoms with E-state index >= 15 is 0 Å². The van der Waals surface area contributed by atoms with Gasteiger partial charge in [0.2, 0.25) is 12.7 Å². The van der Waals surface area contributed by atoms with Crippen molar-refractivity contribution >= 4 is 34.3 Å². The molecule has 4 aromatic rings. The van der Waals surface area contributed by atoms with Gasteiger partial charge in [0, 0.05) is 18.0 Å². The maximum atomic E-state index is 13.4. The van der Waals surface area contributed by atoms with Crippen LogP contribution in [0.3, 0.4) is 0 Å². The number of hydrogen-bond donors (Lipinski definition) is 1. The molecule has 33 heavy (non-hydrogen) atoms. The van der Waals surface area contributed by atoms with E-state index in [1.807, 2.05) is 25.1 Å². The Hall–Kier alpha value is -3.85. The molecule has 8 nitrogen and oxygen atoms in total. The SMILES string of the molecule is Cc1cccnc1-n1c(S[C@@H](C)C(=O)Nc2ccc3c(c2)OCO3)nc2ccccc2c1=O. The number of nitrogens with zero attached hydrogens (tertiary/aromatic N) is 3. The number of aryl methyl sites for hydroxylation is 1. The molecule has 1 atom stereocenters. The topological polar surface area (TPSA) is 95.3 Å². The Morgan fingerprint density at radius 1 is 1.12 bits per heavy atom. The van der Waals surface area contributed by atoms with Crippen LogP contribution in [0.25, 0.3) is 16.7 Å². The van der Waals surface area contributed by atoms with Crippen LogP contribution in [0, 0.1) is 6.92 Å². The highest BCUT2D eigenvalue weighted by molar-refractivity contribution is 8.00. The summed E-state index contributed by atoms with van der Waals surface area (Å²) >= 11 is 1.20. The Morgan fingerprint density at radius 3 is 2.79 bits per heavy atom. The molecule has 0 unspecified atom stereocenters. The summed E-state index contributed by atoms with van der Waals surface area (Å²) in [6, 6.07) is 16.1. The maximum absolute atomic E-state index is 13.4. The van der Waals surface area contributed by atoms with Gasteiger partial charge in [0.15, 0.2) is 16.7 Å². The number of rotatable bonds is 5. The molecular weight excluding hydrogens is 440 g/mol. The maximum Gasteiger partial charge on any atom is 0.267 e. The monoisotopic (exact) mass is 460 g/mol. The van der Waals surface area contributed by atoms with Crippen LogP contribution in [-0.4, -0.2) is 32.5 Å². The molecule has 1 aliphatic heterocycles. The molecule has 0 radical (unpaired) electrons. The third kappa shape index (κ3) is 4.03. The van der Waals surface area contributed by atoms with Crippen LogP contribution in [0.2, 0.25) is 0 Å². The van der Waals surface area contributed by atoms with E-state index in [-0.39, 0.29) is 18.3 Å². The van der Waals surface area contributed by atoms with Crippen LogP contribution in [0.15, 0.2) is 70.7 Å². The minimum atomic E-state index is -0.543. The fourth-order valence-electron chi connectivity index (χ4n) is 3.52. The summed E-state index contributed by atoms with van der Waals surface area (Å²) in [5, 5.41) is 3.23. The smallest absolute Gasteiger partial charge is 0.267 e. The first-order chi connectivity index (χ1) is 16.0. The molecule has 1 aliphatic rings.